The monoisotopic (exact) mass is 202 g/mol. The van der Waals surface area contributed by atoms with Crippen molar-refractivity contribution in [1.29, 1.82) is 0 Å². The summed E-state index contributed by atoms with van der Waals surface area (Å²) in [5.74, 6) is -0.905. The van der Waals surface area contributed by atoms with E-state index < -0.39 is 17.4 Å². The second-order valence-electron chi connectivity index (χ2n) is 3.17. The van der Waals surface area contributed by atoms with Gasteiger partial charge in [0.15, 0.2) is 6.73 Å². The Labute approximate surface area is 82.0 Å². The van der Waals surface area contributed by atoms with E-state index in [0.717, 1.165) is 0 Å². The lowest BCUT2D eigenvalue weighted by atomic mass is 10.1. The molecular formula is C8H14N2O4. The Kier molecular flexibility index (Phi) is 4.62. The molecule has 0 aliphatic carbocycles. The molecule has 0 radical (unpaired) electrons. The first kappa shape index (κ1) is 12.4. The molecule has 0 unspecified atom stereocenters. The van der Waals surface area contributed by atoms with E-state index >= 15 is 0 Å². The van der Waals surface area contributed by atoms with Gasteiger partial charge < -0.3 is 15.4 Å². The molecule has 0 heterocycles. The van der Waals surface area contributed by atoms with Gasteiger partial charge in [-0.3, -0.25) is 14.4 Å². The second-order valence-corrected chi connectivity index (χ2v) is 3.17. The summed E-state index contributed by atoms with van der Waals surface area (Å²) in [5, 5.41) is 4.66. The van der Waals surface area contributed by atoms with Crippen LogP contribution in [0.3, 0.4) is 0 Å². The predicted molar refractivity (Wildman–Crippen MR) is 48.1 cm³/mol. The van der Waals surface area contributed by atoms with Crippen molar-refractivity contribution in [3.8, 4) is 0 Å². The molecule has 0 bridgehead atoms. The Balaban J connectivity index is 3.94. The Hall–Kier alpha value is -1.59. The maximum absolute atomic E-state index is 11.3. The van der Waals surface area contributed by atoms with E-state index in [1.54, 1.807) is 0 Å². The van der Waals surface area contributed by atoms with Crippen LogP contribution in [0, 0.1) is 0 Å². The summed E-state index contributed by atoms with van der Waals surface area (Å²) in [7, 11) is 0. The molecule has 14 heavy (non-hydrogen) atoms. The van der Waals surface area contributed by atoms with Gasteiger partial charge in [-0.2, -0.15) is 0 Å². The van der Waals surface area contributed by atoms with Gasteiger partial charge in [0.25, 0.3) is 0 Å². The summed E-state index contributed by atoms with van der Waals surface area (Å²) in [6, 6.07) is 0. The van der Waals surface area contributed by atoms with Crippen molar-refractivity contribution in [2.45, 2.75) is 26.3 Å². The zero-order chi connectivity index (χ0) is 11.2. The SMILES string of the molecule is CC(=O)OCNC(=O)C(C)(C)NC=O. The molecule has 80 valence electrons. The van der Waals surface area contributed by atoms with Crippen LogP contribution in [0.2, 0.25) is 0 Å². The first-order valence-corrected chi connectivity index (χ1v) is 4.03. The summed E-state index contributed by atoms with van der Waals surface area (Å²) in [5.41, 5.74) is -1.01. The molecule has 0 aromatic heterocycles. The highest BCUT2D eigenvalue weighted by atomic mass is 16.5. The second kappa shape index (κ2) is 5.21. The van der Waals surface area contributed by atoms with Crippen LogP contribution in [0.4, 0.5) is 0 Å². The van der Waals surface area contributed by atoms with E-state index in [-0.39, 0.29) is 6.73 Å². The summed E-state index contributed by atoms with van der Waals surface area (Å²) >= 11 is 0. The number of esters is 1. The molecule has 0 aromatic carbocycles. The van der Waals surface area contributed by atoms with Gasteiger partial charge in [0.2, 0.25) is 12.3 Å². The van der Waals surface area contributed by atoms with Crippen molar-refractivity contribution < 1.29 is 19.1 Å². The van der Waals surface area contributed by atoms with Gasteiger partial charge in [0.1, 0.15) is 5.54 Å². The van der Waals surface area contributed by atoms with E-state index in [9.17, 15) is 14.4 Å². The van der Waals surface area contributed by atoms with Gasteiger partial charge in [-0.05, 0) is 13.8 Å². The average Bonchev–Trinajstić information content (AvgIpc) is 2.03. The third-order valence-electron chi connectivity index (χ3n) is 1.50. The Morgan fingerprint density at radius 3 is 2.43 bits per heavy atom. The van der Waals surface area contributed by atoms with Gasteiger partial charge >= 0.3 is 5.97 Å². The molecule has 0 aliphatic heterocycles. The molecule has 0 aromatic rings. The molecule has 0 fully saturated rings. The molecule has 6 heteroatoms. The number of rotatable bonds is 5. The molecule has 0 atom stereocenters. The summed E-state index contributed by atoms with van der Waals surface area (Å²) in [6.45, 7) is 4.11. The summed E-state index contributed by atoms with van der Waals surface area (Å²) in [6.07, 6.45) is 0.436. The molecule has 2 N–H and O–H groups in total. The highest BCUT2D eigenvalue weighted by Gasteiger charge is 2.26. The zero-order valence-corrected chi connectivity index (χ0v) is 8.42. The molecule has 0 aliphatic rings. The number of amides is 2. The van der Waals surface area contributed by atoms with E-state index in [2.05, 4.69) is 15.4 Å². The van der Waals surface area contributed by atoms with Crippen molar-refractivity contribution in [3.05, 3.63) is 0 Å². The number of hydrogen-bond acceptors (Lipinski definition) is 4. The van der Waals surface area contributed by atoms with Crippen LogP contribution in [0.5, 0.6) is 0 Å². The van der Waals surface area contributed by atoms with Crippen molar-refractivity contribution in [1.82, 2.24) is 10.6 Å². The number of hydrogen-bond donors (Lipinski definition) is 2. The van der Waals surface area contributed by atoms with Gasteiger partial charge in [-0.1, -0.05) is 0 Å². The number of nitrogens with one attached hydrogen (secondary N) is 2. The summed E-state index contributed by atoms with van der Waals surface area (Å²) < 4.78 is 4.50. The minimum Gasteiger partial charge on any atom is -0.445 e. The topological polar surface area (TPSA) is 84.5 Å². The quantitative estimate of drug-likeness (QED) is 0.345. The van der Waals surface area contributed by atoms with Crippen molar-refractivity contribution >= 4 is 18.3 Å². The average molecular weight is 202 g/mol. The highest BCUT2D eigenvalue weighted by molar-refractivity contribution is 5.87. The molecule has 0 saturated carbocycles. The van der Waals surface area contributed by atoms with Gasteiger partial charge in [-0.25, -0.2) is 0 Å². The molecule has 6 nitrogen and oxygen atoms in total. The third-order valence-corrected chi connectivity index (χ3v) is 1.50. The maximum Gasteiger partial charge on any atom is 0.304 e. The lowest BCUT2D eigenvalue weighted by Gasteiger charge is -2.22. The maximum atomic E-state index is 11.3. The number of carbonyl (C=O) groups is 3. The van der Waals surface area contributed by atoms with E-state index in [1.807, 2.05) is 0 Å². The lowest BCUT2D eigenvalue weighted by Crippen LogP contribution is -2.52. The molecule has 0 spiro atoms. The highest BCUT2D eigenvalue weighted by Crippen LogP contribution is 1.99. The van der Waals surface area contributed by atoms with Crippen LogP contribution in [-0.4, -0.2) is 30.6 Å². The van der Waals surface area contributed by atoms with Crippen molar-refractivity contribution in [2.75, 3.05) is 6.73 Å². The van der Waals surface area contributed by atoms with Crippen molar-refractivity contribution in [3.63, 3.8) is 0 Å². The van der Waals surface area contributed by atoms with Gasteiger partial charge in [0, 0.05) is 6.92 Å². The van der Waals surface area contributed by atoms with Crippen LogP contribution in [0.1, 0.15) is 20.8 Å². The number of ether oxygens (including phenoxy) is 1. The fourth-order valence-corrected chi connectivity index (χ4v) is 0.637. The Morgan fingerprint density at radius 2 is 2.00 bits per heavy atom. The normalized spacial score (nSPS) is 10.2. The zero-order valence-electron chi connectivity index (χ0n) is 8.42. The van der Waals surface area contributed by atoms with E-state index in [0.29, 0.717) is 6.41 Å². The standard InChI is InChI=1S/C8H14N2O4/c1-6(12)14-5-9-7(13)8(2,3)10-4-11/h4H,5H2,1-3H3,(H,9,13)(H,10,11). The van der Waals surface area contributed by atoms with E-state index in [1.165, 1.54) is 20.8 Å². The van der Waals surface area contributed by atoms with Crippen LogP contribution in [0.25, 0.3) is 0 Å². The van der Waals surface area contributed by atoms with Crippen LogP contribution in [-0.2, 0) is 19.1 Å². The molecule has 0 saturated heterocycles. The fourth-order valence-electron chi connectivity index (χ4n) is 0.637. The third kappa shape index (κ3) is 4.44. The van der Waals surface area contributed by atoms with E-state index in [4.69, 9.17) is 0 Å². The lowest BCUT2D eigenvalue weighted by molar-refractivity contribution is -0.143. The first-order chi connectivity index (χ1) is 6.40. The summed E-state index contributed by atoms with van der Waals surface area (Å²) in [4.78, 5) is 31.8. The predicted octanol–water partition coefficient (Wildman–Crippen LogP) is -0.852. The molecular weight excluding hydrogens is 188 g/mol. The van der Waals surface area contributed by atoms with Crippen LogP contribution in [0.15, 0.2) is 0 Å². The Bertz CT molecular complexity index is 237. The van der Waals surface area contributed by atoms with Gasteiger partial charge in [-0.15, -0.1) is 0 Å². The minimum atomic E-state index is -1.01. The minimum absolute atomic E-state index is 0.196. The van der Waals surface area contributed by atoms with Gasteiger partial charge in [0.05, 0.1) is 0 Å². The smallest absolute Gasteiger partial charge is 0.304 e. The molecule has 0 rings (SSSR count). The molecule has 2 amide bonds. The van der Waals surface area contributed by atoms with Crippen LogP contribution < -0.4 is 10.6 Å². The van der Waals surface area contributed by atoms with Crippen LogP contribution >= 0.6 is 0 Å². The number of carbonyl (C=O) groups excluding carboxylic acids is 3. The first-order valence-electron chi connectivity index (χ1n) is 4.03. The Morgan fingerprint density at radius 1 is 1.43 bits per heavy atom. The fraction of sp³-hybridized carbons (Fsp3) is 0.625. The van der Waals surface area contributed by atoms with Crippen molar-refractivity contribution in [2.24, 2.45) is 0 Å². The largest absolute Gasteiger partial charge is 0.445 e.